The smallest absolute Gasteiger partial charge is 0.619 e. The van der Waals surface area contributed by atoms with Crippen LogP contribution in [0.3, 0.4) is 0 Å². The van der Waals surface area contributed by atoms with Crippen LogP contribution in [-0.4, -0.2) is 39.1 Å². The molecule has 4 aromatic heterocycles. The maximum absolute atomic E-state index is 4.77. The van der Waals surface area contributed by atoms with E-state index in [1.54, 1.807) is 24.8 Å². The first-order valence-electron chi connectivity index (χ1n) is 10.9. The van der Waals surface area contributed by atoms with Crippen molar-refractivity contribution in [1.82, 2.24) is 39.1 Å². The SMILES string of the molecule is C1=CC(n2cccn2)[N-]C(n2cccn2)C1.[Fe+4].c1cnn(C2CCCC(n3cccn3)[N-]2)c1. The average Bonchev–Trinajstić information content (AvgIpc) is 3.68. The zero-order valence-corrected chi connectivity index (χ0v) is 19.2. The molecule has 0 spiro atoms. The van der Waals surface area contributed by atoms with Gasteiger partial charge in [0.15, 0.2) is 0 Å². The maximum Gasteiger partial charge on any atom is 4.00 e. The van der Waals surface area contributed by atoms with Gasteiger partial charge >= 0.3 is 17.1 Å². The molecule has 6 rings (SSSR count). The van der Waals surface area contributed by atoms with Gasteiger partial charge < -0.3 is 10.6 Å². The molecule has 2 aliphatic rings. The molecule has 10 nitrogen and oxygen atoms in total. The molecule has 2 aliphatic heterocycles. The normalized spacial score (nSPS) is 24.5. The molecule has 4 unspecified atom stereocenters. The van der Waals surface area contributed by atoms with E-state index in [2.05, 4.69) is 37.9 Å². The van der Waals surface area contributed by atoms with Gasteiger partial charge in [-0.05, 0) is 68.2 Å². The molecular formula is C22H26FeN10+2. The number of piperidine rings is 1. The van der Waals surface area contributed by atoms with E-state index in [1.165, 1.54) is 6.42 Å². The standard InChI is InChI=1S/C11H14N5.C11H12N5.Fe/c2*1-4-10(15-8-2-6-12-15)14-11(5-1)16-9-3-7-13-16;/h2-3,6-11H,1,4-5H2;1-4,6-11H,5H2;/q2*-1;+4. The summed E-state index contributed by atoms with van der Waals surface area (Å²) in [6.45, 7) is 0. The Kier molecular flexibility index (Phi) is 7.90. The Balaban J connectivity index is 0.000000152. The summed E-state index contributed by atoms with van der Waals surface area (Å²) in [5.41, 5.74) is 0. The second-order valence-electron chi connectivity index (χ2n) is 7.69. The number of nitrogens with zero attached hydrogens (tertiary/aromatic N) is 10. The van der Waals surface area contributed by atoms with E-state index >= 15 is 0 Å². The number of hydrogen-bond donors (Lipinski definition) is 0. The summed E-state index contributed by atoms with van der Waals surface area (Å²) < 4.78 is 7.57. The zero-order valence-electron chi connectivity index (χ0n) is 18.0. The Morgan fingerprint density at radius 1 is 0.606 bits per heavy atom. The van der Waals surface area contributed by atoms with Crippen molar-refractivity contribution >= 4 is 0 Å². The summed E-state index contributed by atoms with van der Waals surface area (Å²) >= 11 is 0. The first-order valence-corrected chi connectivity index (χ1v) is 10.9. The molecule has 0 amide bonds. The van der Waals surface area contributed by atoms with Crippen molar-refractivity contribution in [1.29, 1.82) is 0 Å². The molecule has 4 atom stereocenters. The van der Waals surface area contributed by atoms with Crippen molar-refractivity contribution in [3.63, 3.8) is 0 Å². The van der Waals surface area contributed by atoms with Crippen molar-refractivity contribution in [3.05, 3.63) is 96.6 Å². The van der Waals surface area contributed by atoms with E-state index in [0.29, 0.717) is 0 Å². The first-order chi connectivity index (χ1) is 15.9. The van der Waals surface area contributed by atoms with Crippen LogP contribution in [-0.2, 0) is 17.1 Å². The van der Waals surface area contributed by atoms with E-state index in [1.807, 2.05) is 67.8 Å². The number of aromatic nitrogens is 8. The topological polar surface area (TPSA) is 99.5 Å². The second-order valence-corrected chi connectivity index (χ2v) is 7.69. The van der Waals surface area contributed by atoms with Crippen LogP contribution in [0.15, 0.2) is 86.0 Å². The van der Waals surface area contributed by atoms with Gasteiger partial charge in [0.05, 0.1) is 0 Å². The van der Waals surface area contributed by atoms with E-state index in [0.717, 1.165) is 19.3 Å². The Labute approximate surface area is 203 Å². The molecule has 1 saturated heterocycles. The van der Waals surface area contributed by atoms with Gasteiger partial charge in [-0.1, -0.05) is 18.6 Å². The molecule has 170 valence electrons. The third kappa shape index (κ3) is 5.69. The van der Waals surface area contributed by atoms with E-state index < -0.39 is 0 Å². The molecule has 6 heterocycles. The third-order valence-corrected chi connectivity index (χ3v) is 5.54. The monoisotopic (exact) mass is 486 g/mol. The molecular weight excluding hydrogens is 460 g/mol. The summed E-state index contributed by atoms with van der Waals surface area (Å²) in [6.07, 6.45) is 23.7. The maximum atomic E-state index is 4.77. The number of hydrogen-bond acceptors (Lipinski definition) is 4. The van der Waals surface area contributed by atoms with Gasteiger partial charge in [-0.15, -0.1) is 0 Å². The van der Waals surface area contributed by atoms with Gasteiger partial charge in [0, 0.05) is 49.6 Å². The largest absolute Gasteiger partial charge is 4.00 e. The van der Waals surface area contributed by atoms with Crippen LogP contribution in [0, 0.1) is 0 Å². The minimum Gasteiger partial charge on any atom is -0.619 e. The van der Waals surface area contributed by atoms with E-state index in [4.69, 9.17) is 5.32 Å². The summed E-state index contributed by atoms with van der Waals surface area (Å²) in [4.78, 5) is 0. The van der Waals surface area contributed by atoms with Crippen LogP contribution in [0.4, 0.5) is 0 Å². The third-order valence-electron chi connectivity index (χ3n) is 5.54. The molecule has 33 heavy (non-hydrogen) atoms. The Morgan fingerprint density at radius 3 is 1.58 bits per heavy atom. The average molecular weight is 486 g/mol. The fourth-order valence-corrected chi connectivity index (χ4v) is 3.98. The molecule has 0 aromatic carbocycles. The first kappa shape index (κ1) is 23.2. The van der Waals surface area contributed by atoms with Crippen LogP contribution in [0.25, 0.3) is 10.6 Å². The molecule has 0 N–H and O–H groups in total. The van der Waals surface area contributed by atoms with Gasteiger partial charge in [-0.25, -0.2) is 0 Å². The molecule has 1 fully saturated rings. The van der Waals surface area contributed by atoms with Crippen molar-refractivity contribution in [3.8, 4) is 0 Å². The van der Waals surface area contributed by atoms with Crippen LogP contribution < -0.4 is 0 Å². The molecule has 0 radical (unpaired) electrons. The van der Waals surface area contributed by atoms with Crippen molar-refractivity contribution in [2.24, 2.45) is 0 Å². The summed E-state index contributed by atoms with van der Waals surface area (Å²) in [7, 11) is 0. The minimum absolute atomic E-state index is 0. The van der Waals surface area contributed by atoms with Crippen molar-refractivity contribution in [2.75, 3.05) is 0 Å². The van der Waals surface area contributed by atoms with Crippen LogP contribution in [0.5, 0.6) is 0 Å². The Hall–Kier alpha value is -2.98. The quantitative estimate of drug-likeness (QED) is 0.315. The second kappa shape index (κ2) is 11.2. The van der Waals surface area contributed by atoms with Crippen LogP contribution in [0.1, 0.15) is 50.3 Å². The zero-order chi connectivity index (χ0) is 21.6. The fourth-order valence-electron chi connectivity index (χ4n) is 3.98. The predicted octanol–water partition coefficient (Wildman–Crippen LogP) is 4.44. The molecule has 4 aromatic rings. The van der Waals surface area contributed by atoms with Gasteiger partial charge in [0.25, 0.3) is 0 Å². The van der Waals surface area contributed by atoms with Gasteiger partial charge in [0.1, 0.15) is 0 Å². The van der Waals surface area contributed by atoms with Gasteiger partial charge in [0.2, 0.25) is 0 Å². The van der Waals surface area contributed by atoms with Crippen molar-refractivity contribution in [2.45, 2.75) is 50.3 Å². The Morgan fingerprint density at radius 2 is 1.09 bits per heavy atom. The molecule has 0 aliphatic carbocycles. The summed E-state index contributed by atoms with van der Waals surface area (Å²) in [6, 6.07) is 7.69. The number of rotatable bonds is 4. The van der Waals surface area contributed by atoms with Gasteiger partial charge in [-0.3, -0.25) is 18.7 Å². The Bertz CT molecular complexity index is 1020. The molecule has 11 heteroatoms. The summed E-state index contributed by atoms with van der Waals surface area (Å²) in [5, 5.41) is 26.4. The fraction of sp³-hybridized carbons (Fsp3) is 0.364. The van der Waals surface area contributed by atoms with Crippen LogP contribution in [0.2, 0.25) is 0 Å². The van der Waals surface area contributed by atoms with Crippen LogP contribution >= 0.6 is 0 Å². The van der Waals surface area contributed by atoms with E-state index in [9.17, 15) is 0 Å². The van der Waals surface area contributed by atoms with E-state index in [-0.39, 0.29) is 41.7 Å². The molecule has 0 bridgehead atoms. The molecule has 0 saturated carbocycles. The van der Waals surface area contributed by atoms with Gasteiger partial charge in [-0.2, -0.15) is 20.4 Å². The van der Waals surface area contributed by atoms with Crippen molar-refractivity contribution < 1.29 is 17.1 Å². The minimum atomic E-state index is -0.0158. The predicted molar refractivity (Wildman–Crippen MR) is 119 cm³/mol. The summed E-state index contributed by atoms with van der Waals surface area (Å²) in [5.74, 6) is 0.